The van der Waals surface area contributed by atoms with Gasteiger partial charge in [-0.25, -0.2) is 0 Å². The molecule has 0 amide bonds. The number of anilines is 1. The summed E-state index contributed by atoms with van der Waals surface area (Å²) < 4.78 is 4.28. The molecule has 5 heteroatoms. The lowest BCUT2D eigenvalue weighted by Gasteiger charge is -2.10. The first kappa shape index (κ1) is 10.9. The summed E-state index contributed by atoms with van der Waals surface area (Å²) in [5.41, 5.74) is 0.942. The fraction of sp³-hybridized carbons (Fsp3) is 0.273. The number of fused-ring (bicyclic) bond motifs is 1. The molecule has 0 aliphatic carbocycles. The Kier molecular flexibility index (Phi) is 3.05. The fourth-order valence-electron chi connectivity index (χ4n) is 1.53. The topological polar surface area (TPSA) is 62.2 Å². The van der Waals surface area contributed by atoms with Crippen LogP contribution in [0.2, 0.25) is 0 Å². The number of carbonyl (C=O) groups is 1. The lowest BCUT2D eigenvalue weighted by atomic mass is 10.2. The minimum atomic E-state index is -0.797. The minimum absolute atomic E-state index is 0.0960. The molecule has 4 nitrogen and oxygen atoms in total. The van der Waals surface area contributed by atoms with Crippen molar-refractivity contribution in [1.29, 1.82) is 0 Å². The minimum Gasteiger partial charge on any atom is -0.481 e. The highest BCUT2D eigenvalue weighted by Gasteiger charge is 2.10. The molecule has 0 spiro atoms. The molecule has 0 bridgehead atoms. The van der Waals surface area contributed by atoms with Crippen molar-refractivity contribution in [2.75, 3.05) is 5.32 Å². The van der Waals surface area contributed by atoms with Crippen LogP contribution in [-0.4, -0.2) is 21.5 Å². The molecular weight excluding hydrogens is 224 g/mol. The van der Waals surface area contributed by atoms with Crippen molar-refractivity contribution in [2.45, 2.75) is 19.4 Å². The molecule has 0 aliphatic rings. The molecule has 1 aromatic heterocycles. The van der Waals surface area contributed by atoms with Crippen molar-refractivity contribution in [3.05, 3.63) is 24.3 Å². The van der Waals surface area contributed by atoms with Gasteiger partial charge in [-0.3, -0.25) is 4.79 Å². The van der Waals surface area contributed by atoms with E-state index in [4.69, 9.17) is 5.11 Å². The molecule has 84 valence electrons. The van der Waals surface area contributed by atoms with Gasteiger partial charge in [-0.1, -0.05) is 12.1 Å². The van der Waals surface area contributed by atoms with Gasteiger partial charge in [-0.2, -0.15) is 4.37 Å². The van der Waals surface area contributed by atoms with Crippen molar-refractivity contribution in [3.8, 4) is 0 Å². The number of carboxylic acids is 1. The number of rotatable bonds is 4. The van der Waals surface area contributed by atoms with Crippen LogP contribution in [0.15, 0.2) is 24.3 Å². The van der Waals surface area contributed by atoms with Gasteiger partial charge in [0, 0.05) is 11.4 Å². The van der Waals surface area contributed by atoms with Crippen LogP contribution in [-0.2, 0) is 4.79 Å². The van der Waals surface area contributed by atoms with Crippen LogP contribution >= 0.6 is 11.5 Å². The third-order valence-electron chi connectivity index (χ3n) is 2.24. The van der Waals surface area contributed by atoms with Gasteiger partial charge in [0.05, 0.1) is 11.9 Å². The molecule has 2 rings (SSSR count). The Bertz CT molecular complexity index is 509. The molecule has 1 atom stereocenters. The first-order valence-corrected chi connectivity index (χ1v) is 5.77. The highest BCUT2D eigenvalue weighted by molar-refractivity contribution is 7.11. The number of nitrogens with one attached hydrogen (secondary N) is 1. The number of benzene rings is 1. The van der Waals surface area contributed by atoms with Crippen LogP contribution in [0, 0.1) is 0 Å². The summed E-state index contributed by atoms with van der Waals surface area (Å²) in [4.78, 5) is 10.5. The van der Waals surface area contributed by atoms with E-state index in [1.807, 2.05) is 31.2 Å². The molecule has 2 N–H and O–H groups in total. The zero-order valence-corrected chi connectivity index (χ0v) is 9.62. The molecule has 0 fully saturated rings. The van der Waals surface area contributed by atoms with Gasteiger partial charge in [0.25, 0.3) is 0 Å². The smallest absolute Gasteiger partial charge is 0.305 e. The molecule has 0 radical (unpaired) electrons. The Labute approximate surface area is 97.1 Å². The predicted octanol–water partition coefficient (Wildman–Crippen LogP) is 2.57. The molecule has 1 heterocycles. The molecule has 0 saturated carbocycles. The zero-order chi connectivity index (χ0) is 11.5. The van der Waals surface area contributed by atoms with Crippen molar-refractivity contribution in [1.82, 2.24) is 4.37 Å². The maximum Gasteiger partial charge on any atom is 0.305 e. The summed E-state index contributed by atoms with van der Waals surface area (Å²) in [5.74, 6) is -0.797. The van der Waals surface area contributed by atoms with Crippen LogP contribution in [0.4, 0.5) is 5.00 Å². The molecule has 0 aliphatic heterocycles. The standard InChI is InChI=1S/C11H12N2O2S/c1-7(6-10(14)15)12-11-8-4-2-3-5-9(8)13-16-11/h2-5,7,12H,6H2,1H3,(H,14,15). The average molecular weight is 236 g/mol. The van der Waals surface area contributed by atoms with Crippen LogP contribution in [0.5, 0.6) is 0 Å². The van der Waals surface area contributed by atoms with Crippen molar-refractivity contribution in [3.63, 3.8) is 0 Å². The van der Waals surface area contributed by atoms with Gasteiger partial charge in [-0.15, -0.1) is 0 Å². The Balaban J connectivity index is 2.18. The van der Waals surface area contributed by atoms with Crippen LogP contribution in [0.3, 0.4) is 0 Å². The Morgan fingerprint density at radius 1 is 1.56 bits per heavy atom. The van der Waals surface area contributed by atoms with E-state index >= 15 is 0 Å². The molecule has 1 unspecified atom stereocenters. The zero-order valence-electron chi connectivity index (χ0n) is 8.80. The Morgan fingerprint density at radius 2 is 2.31 bits per heavy atom. The number of aliphatic carboxylic acids is 1. The second kappa shape index (κ2) is 4.49. The molecular formula is C11H12N2O2S. The van der Waals surface area contributed by atoms with E-state index in [2.05, 4.69) is 9.69 Å². The molecule has 2 aromatic rings. The summed E-state index contributed by atoms with van der Waals surface area (Å²) >= 11 is 1.36. The van der Waals surface area contributed by atoms with E-state index in [0.29, 0.717) is 0 Å². The molecule has 16 heavy (non-hydrogen) atoms. The summed E-state index contributed by atoms with van der Waals surface area (Å²) in [5, 5.41) is 13.8. The van der Waals surface area contributed by atoms with Crippen molar-refractivity contribution in [2.24, 2.45) is 0 Å². The number of nitrogens with zero attached hydrogens (tertiary/aromatic N) is 1. The van der Waals surface area contributed by atoms with E-state index in [-0.39, 0.29) is 12.5 Å². The highest BCUT2D eigenvalue weighted by atomic mass is 32.1. The third-order valence-corrected chi connectivity index (χ3v) is 3.05. The van der Waals surface area contributed by atoms with Crippen LogP contribution in [0.1, 0.15) is 13.3 Å². The van der Waals surface area contributed by atoms with E-state index < -0.39 is 5.97 Å². The second-order valence-corrected chi connectivity index (χ2v) is 4.45. The SMILES string of the molecule is CC(CC(=O)O)Nc1snc2ccccc12. The van der Waals surface area contributed by atoms with Crippen LogP contribution < -0.4 is 5.32 Å². The number of hydrogen-bond donors (Lipinski definition) is 2. The van der Waals surface area contributed by atoms with E-state index in [0.717, 1.165) is 15.9 Å². The summed E-state index contributed by atoms with van der Waals surface area (Å²) in [6, 6.07) is 7.71. The van der Waals surface area contributed by atoms with Gasteiger partial charge >= 0.3 is 5.97 Å². The highest BCUT2D eigenvalue weighted by Crippen LogP contribution is 2.27. The lowest BCUT2D eigenvalue weighted by Crippen LogP contribution is -2.18. The maximum absolute atomic E-state index is 10.5. The first-order valence-electron chi connectivity index (χ1n) is 4.99. The van der Waals surface area contributed by atoms with E-state index in [9.17, 15) is 4.79 Å². The quantitative estimate of drug-likeness (QED) is 0.856. The van der Waals surface area contributed by atoms with Gasteiger partial charge < -0.3 is 10.4 Å². The average Bonchev–Trinajstić information content (AvgIpc) is 2.61. The largest absolute Gasteiger partial charge is 0.481 e. The van der Waals surface area contributed by atoms with Gasteiger partial charge in [0.1, 0.15) is 5.00 Å². The predicted molar refractivity (Wildman–Crippen MR) is 65.0 cm³/mol. The lowest BCUT2D eigenvalue weighted by molar-refractivity contribution is -0.137. The summed E-state index contributed by atoms with van der Waals surface area (Å²) in [6.45, 7) is 1.85. The fourth-order valence-corrected chi connectivity index (χ4v) is 2.40. The van der Waals surface area contributed by atoms with E-state index in [1.54, 1.807) is 0 Å². The number of aromatic nitrogens is 1. The summed E-state index contributed by atoms with van der Waals surface area (Å²) in [6.07, 6.45) is 0.103. The van der Waals surface area contributed by atoms with Crippen LogP contribution in [0.25, 0.3) is 10.9 Å². The number of carboxylic acid groups (broad SMARTS) is 1. The molecule has 1 aromatic carbocycles. The van der Waals surface area contributed by atoms with E-state index in [1.165, 1.54) is 11.5 Å². The van der Waals surface area contributed by atoms with Crippen molar-refractivity contribution >= 4 is 33.4 Å². The Morgan fingerprint density at radius 3 is 3.06 bits per heavy atom. The third kappa shape index (κ3) is 2.30. The van der Waals surface area contributed by atoms with Crippen molar-refractivity contribution < 1.29 is 9.90 Å². The maximum atomic E-state index is 10.5. The summed E-state index contributed by atoms with van der Waals surface area (Å²) in [7, 11) is 0. The first-order chi connectivity index (χ1) is 7.66. The number of hydrogen-bond acceptors (Lipinski definition) is 4. The monoisotopic (exact) mass is 236 g/mol. The van der Waals surface area contributed by atoms with Gasteiger partial charge in [-0.05, 0) is 30.6 Å². The van der Waals surface area contributed by atoms with Gasteiger partial charge in [0.15, 0.2) is 0 Å². The second-order valence-electron chi connectivity index (χ2n) is 3.67. The normalized spacial score (nSPS) is 12.6. The van der Waals surface area contributed by atoms with Gasteiger partial charge in [0.2, 0.25) is 0 Å². The Hall–Kier alpha value is -1.62. The molecule has 0 saturated heterocycles.